The van der Waals surface area contributed by atoms with Crippen molar-refractivity contribution in [3.05, 3.63) is 39.9 Å². The molecule has 0 atom stereocenters. The molecule has 0 aromatic heterocycles. The minimum absolute atomic E-state index is 0.0668. The van der Waals surface area contributed by atoms with E-state index in [0.29, 0.717) is 11.0 Å². The van der Waals surface area contributed by atoms with Crippen LogP contribution >= 0.6 is 0 Å². The van der Waals surface area contributed by atoms with E-state index in [1.54, 1.807) is 12.1 Å². The van der Waals surface area contributed by atoms with Gasteiger partial charge in [-0.25, -0.2) is 4.79 Å². The lowest BCUT2D eigenvalue weighted by atomic mass is 10.0. The quantitative estimate of drug-likeness (QED) is 0.509. The van der Waals surface area contributed by atoms with E-state index in [0.717, 1.165) is 37.9 Å². The molecule has 0 aliphatic carbocycles. The molecule has 6 heteroatoms. The smallest absolute Gasteiger partial charge is 0.359 e. The van der Waals surface area contributed by atoms with Crippen LogP contribution < -0.4 is 0 Å². The summed E-state index contributed by atoms with van der Waals surface area (Å²) in [5.74, 6) is -0.784. The molecular formula is C14H19N2O4+. The SMILES string of the molecule is O=C(O)C[N+]1(Cc2ccc([N+](=O)[O-])cc2)CCCCC1. The zero-order valence-electron chi connectivity index (χ0n) is 11.3. The van der Waals surface area contributed by atoms with Crippen molar-refractivity contribution >= 4 is 11.7 Å². The van der Waals surface area contributed by atoms with Crippen LogP contribution in [0.2, 0.25) is 0 Å². The standard InChI is InChI=1S/C14H18N2O4/c17-14(18)11-16(8-2-1-3-9-16)10-12-4-6-13(7-5-12)15(19)20/h4-7H,1-3,8-11H2/p+1. The van der Waals surface area contributed by atoms with Gasteiger partial charge in [-0.15, -0.1) is 0 Å². The molecule has 1 fully saturated rings. The number of nitro groups is 1. The minimum Gasteiger partial charge on any atom is -0.477 e. The van der Waals surface area contributed by atoms with Gasteiger partial charge in [0, 0.05) is 17.7 Å². The van der Waals surface area contributed by atoms with Crippen molar-refractivity contribution in [2.45, 2.75) is 25.8 Å². The van der Waals surface area contributed by atoms with Crippen LogP contribution in [0.3, 0.4) is 0 Å². The van der Waals surface area contributed by atoms with Gasteiger partial charge in [0.2, 0.25) is 0 Å². The Kier molecular flexibility index (Phi) is 4.34. The number of hydrogen-bond acceptors (Lipinski definition) is 3. The molecule has 1 aliphatic rings. The summed E-state index contributed by atoms with van der Waals surface area (Å²) >= 11 is 0. The maximum absolute atomic E-state index is 11.1. The molecule has 0 saturated carbocycles. The third-order valence-corrected chi connectivity index (χ3v) is 3.90. The van der Waals surface area contributed by atoms with Gasteiger partial charge in [-0.3, -0.25) is 10.1 Å². The molecule has 0 radical (unpaired) electrons. The fourth-order valence-electron chi connectivity index (χ4n) is 2.95. The number of nitro benzene ring substituents is 1. The molecule has 0 amide bonds. The molecule has 108 valence electrons. The van der Waals surface area contributed by atoms with E-state index in [1.165, 1.54) is 12.1 Å². The summed E-state index contributed by atoms with van der Waals surface area (Å²) in [7, 11) is 0. The first-order valence-electron chi connectivity index (χ1n) is 6.81. The number of non-ortho nitro benzene ring substituents is 1. The fourth-order valence-corrected chi connectivity index (χ4v) is 2.95. The Morgan fingerprint density at radius 3 is 2.30 bits per heavy atom. The summed E-state index contributed by atoms with van der Waals surface area (Å²) in [6.45, 7) is 2.48. The Morgan fingerprint density at radius 2 is 1.80 bits per heavy atom. The second kappa shape index (κ2) is 6.00. The van der Waals surface area contributed by atoms with Crippen molar-refractivity contribution in [1.82, 2.24) is 0 Å². The number of hydrogen-bond donors (Lipinski definition) is 1. The molecule has 0 spiro atoms. The van der Waals surface area contributed by atoms with Crippen LogP contribution in [0, 0.1) is 10.1 Å². The van der Waals surface area contributed by atoms with Gasteiger partial charge in [-0.05, 0) is 31.4 Å². The Labute approximate surface area is 117 Å². The molecule has 1 aliphatic heterocycles. The number of nitrogens with zero attached hydrogens (tertiary/aromatic N) is 2. The summed E-state index contributed by atoms with van der Waals surface area (Å²) < 4.78 is 0.549. The Hall–Kier alpha value is -1.95. The summed E-state index contributed by atoms with van der Waals surface area (Å²) in [6, 6.07) is 6.43. The van der Waals surface area contributed by atoms with E-state index >= 15 is 0 Å². The van der Waals surface area contributed by atoms with E-state index in [2.05, 4.69) is 0 Å². The Morgan fingerprint density at radius 1 is 1.20 bits per heavy atom. The van der Waals surface area contributed by atoms with Gasteiger partial charge < -0.3 is 9.59 Å². The van der Waals surface area contributed by atoms with E-state index in [-0.39, 0.29) is 12.2 Å². The highest BCUT2D eigenvalue weighted by molar-refractivity contribution is 5.68. The maximum Gasteiger partial charge on any atom is 0.359 e. The fraction of sp³-hybridized carbons (Fsp3) is 0.500. The summed E-state index contributed by atoms with van der Waals surface area (Å²) in [5.41, 5.74) is 1.02. The highest BCUT2D eigenvalue weighted by Crippen LogP contribution is 2.23. The minimum atomic E-state index is -0.784. The average molecular weight is 279 g/mol. The van der Waals surface area contributed by atoms with Crippen molar-refractivity contribution in [2.24, 2.45) is 0 Å². The lowest BCUT2D eigenvalue weighted by Gasteiger charge is -2.40. The molecule has 20 heavy (non-hydrogen) atoms. The van der Waals surface area contributed by atoms with E-state index in [1.807, 2.05) is 0 Å². The number of piperidine rings is 1. The average Bonchev–Trinajstić information content (AvgIpc) is 2.39. The van der Waals surface area contributed by atoms with Gasteiger partial charge >= 0.3 is 5.97 Å². The van der Waals surface area contributed by atoms with Crippen LogP contribution in [0.25, 0.3) is 0 Å². The van der Waals surface area contributed by atoms with E-state index < -0.39 is 10.9 Å². The molecule has 1 aromatic rings. The number of carboxylic acids is 1. The molecule has 1 heterocycles. The van der Waals surface area contributed by atoms with Crippen molar-refractivity contribution in [3.8, 4) is 0 Å². The molecule has 6 nitrogen and oxygen atoms in total. The first-order valence-corrected chi connectivity index (χ1v) is 6.81. The van der Waals surface area contributed by atoms with Gasteiger partial charge in [-0.1, -0.05) is 0 Å². The van der Waals surface area contributed by atoms with Crippen LogP contribution in [-0.4, -0.2) is 40.1 Å². The molecular weight excluding hydrogens is 260 g/mol. The number of likely N-dealkylation sites (tertiary alicyclic amines) is 1. The molecule has 0 unspecified atom stereocenters. The number of benzene rings is 1. The highest BCUT2D eigenvalue weighted by atomic mass is 16.6. The Balaban J connectivity index is 2.14. The summed E-state index contributed by atoms with van der Waals surface area (Å²) in [6.07, 6.45) is 3.24. The Bertz CT molecular complexity index is 492. The number of rotatable bonds is 5. The third kappa shape index (κ3) is 3.54. The first kappa shape index (κ1) is 14.5. The van der Waals surface area contributed by atoms with Crippen molar-refractivity contribution in [3.63, 3.8) is 0 Å². The first-order chi connectivity index (χ1) is 9.51. The lowest BCUT2D eigenvalue weighted by molar-refractivity contribution is -0.938. The van der Waals surface area contributed by atoms with Crippen LogP contribution in [0.1, 0.15) is 24.8 Å². The van der Waals surface area contributed by atoms with Gasteiger partial charge in [0.25, 0.3) is 5.69 Å². The maximum atomic E-state index is 11.1. The predicted octanol–water partition coefficient (Wildman–Crippen LogP) is 2.18. The highest BCUT2D eigenvalue weighted by Gasteiger charge is 2.32. The molecule has 1 N–H and O–H groups in total. The second-order valence-electron chi connectivity index (χ2n) is 5.48. The topological polar surface area (TPSA) is 80.4 Å². The third-order valence-electron chi connectivity index (χ3n) is 3.90. The summed E-state index contributed by atoms with van der Waals surface area (Å²) in [5, 5.41) is 19.8. The van der Waals surface area contributed by atoms with Crippen LogP contribution in [0.5, 0.6) is 0 Å². The predicted molar refractivity (Wildman–Crippen MR) is 73.1 cm³/mol. The number of quaternary nitrogens is 1. The molecule has 1 saturated heterocycles. The largest absolute Gasteiger partial charge is 0.477 e. The summed E-state index contributed by atoms with van der Waals surface area (Å²) in [4.78, 5) is 21.3. The van der Waals surface area contributed by atoms with Gasteiger partial charge in [0.05, 0.1) is 18.0 Å². The molecule has 0 bridgehead atoms. The van der Waals surface area contributed by atoms with Crippen LogP contribution in [0.15, 0.2) is 24.3 Å². The van der Waals surface area contributed by atoms with Crippen molar-refractivity contribution in [2.75, 3.05) is 19.6 Å². The van der Waals surface area contributed by atoms with Gasteiger partial charge in [0.15, 0.2) is 6.54 Å². The van der Waals surface area contributed by atoms with Crippen LogP contribution in [0.4, 0.5) is 5.69 Å². The number of carbonyl (C=O) groups is 1. The van der Waals surface area contributed by atoms with Crippen molar-refractivity contribution in [1.29, 1.82) is 0 Å². The number of aliphatic carboxylic acids is 1. The second-order valence-corrected chi connectivity index (χ2v) is 5.48. The normalized spacial score (nSPS) is 17.6. The van der Waals surface area contributed by atoms with Gasteiger partial charge in [0.1, 0.15) is 6.54 Å². The monoisotopic (exact) mass is 279 g/mol. The number of carboxylic acid groups (broad SMARTS) is 1. The molecule has 2 rings (SSSR count). The zero-order chi connectivity index (χ0) is 14.6. The van der Waals surface area contributed by atoms with Crippen LogP contribution in [-0.2, 0) is 11.3 Å². The molecule has 1 aromatic carbocycles. The van der Waals surface area contributed by atoms with Crippen molar-refractivity contribution < 1.29 is 19.3 Å². The zero-order valence-corrected chi connectivity index (χ0v) is 11.3. The lowest BCUT2D eigenvalue weighted by Crippen LogP contribution is -2.53. The van der Waals surface area contributed by atoms with Gasteiger partial charge in [-0.2, -0.15) is 0 Å². The van der Waals surface area contributed by atoms with E-state index in [4.69, 9.17) is 5.11 Å². The van der Waals surface area contributed by atoms with E-state index in [9.17, 15) is 14.9 Å².